The van der Waals surface area contributed by atoms with Crippen LogP contribution in [0.3, 0.4) is 0 Å². The second kappa shape index (κ2) is 7.35. The van der Waals surface area contributed by atoms with Gasteiger partial charge in [-0.2, -0.15) is 0 Å². The van der Waals surface area contributed by atoms with Gasteiger partial charge in [0.2, 0.25) is 0 Å². The molecule has 2 heterocycles. The van der Waals surface area contributed by atoms with Crippen molar-refractivity contribution in [3.05, 3.63) is 63.1 Å². The summed E-state index contributed by atoms with van der Waals surface area (Å²) in [5, 5.41) is 4.31. The Morgan fingerprint density at radius 2 is 2.00 bits per heavy atom. The number of aromatic nitrogens is 2. The number of thioether (sulfide) groups is 1. The molecule has 0 unspecified atom stereocenters. The van der Waals surface area contributed by atoms with Crippen LogP contribution in [0.1, 0.15) is 56.6 Å². The molecule has 0 bridgehead atoms. The van der Waals surface area contributed by atoms with E-state index >= 15 is 0 Å². The SMILES string of the molecule is CC[C@H](C)Sc1nc2c(c(=O)[nH]1)[C@H](c1ccccc1)C1=C(CCCC1=O)N2. The number of carbonyl (C=O) groups excluding carboxylic acids is 1. The van der Waals surface area contributed by atoms with E-state index in [9.17, 15) is 9.59 Å². The maximum atomic E-state index is 13.0. The zero-order valence-electron chi connectivity index (χ0n) is 15.5. The van der Waals surface area contributed by atoms with Gasteiger partial charge in [0.25, 0.3) is 5.56 Å². The summed E-state index contributed by atoms with van der Waals surface area (Å²) < 4.78 is 0. The number of benzene rings is 1. The average Bonchev–Trinajstić information content (AvgIpc) is 2.67. The lowest BCUT2D eigenvalue weighted by atomic mass is 9.76. The predicted molar refractivity (Wildman–Crippen MR) is 108 cm³/mol. The van der Waals surface area contributed by atoms with Crippen molar-refractivity contribution in [3.8, 4) is 0 Å². The monoisotopic (exact) mass is 381 g/mol. The summed E-state index contributed by atoms with van der Waals surface area (Å²) in [5.41, 5.74) is 2.98. The number of fused-ring (bicyclic) bond motifs is 1. The van der Waals surface area contributed by atoms with Gasteiger partial charge in [0.15, 0.2) is 10.9 Å². The molecule has 0 saturated carbocycles. The van der Waals surface area contributed by atoms with Crippen LogP contribution in [0.25, 0.3) is 0 Å². The molecular formula is C21H23N3O2S. The summed E-state index contributed by atoms with van der Waals surface area (Å²) in [7, 11) is 0. The predicted octanol–water partition coefficient (Wildman–Crippen LogP) is 4.23. The number of ketones is 1. The van der Waals surface area contributed by atoms with Crippen molar-refractivity contribution in [2.24, 2.45) is 0 Å². The van der Waals surface area contributed by atoms with Gasteiger partial charge in [-0.3, -0.25) is 9.59 Å². The highest BCUT2D eigenvalue weighted by atomic mass is 32.2. The van der Waals surface area contributed by atoms with Gasteiger partial charge in [0.05, 0.1) is 5.56 Å². The topological polar surface area (TPSA) is 74.8 Å². The van der Waals surface area contributed by atoms with Crippen molar-refractivity contribution in [2.45, 2.75) is 55.9 Å². The number of Topliss-reactive ketones (excluding diaryl/α,β-unsaturated/α-hetero) is 1. The Labute approximate surface area is 162 Å². The van der Waals surface area contributed by atoms with E-state index in [2.05, 4.69) is 24.1 Å². The van der Waals surface area contributed by atoms with Gasteiger partial charge >= 0.3 is 0 Å². The van der Waals surface area contributed by atoms with Crippen LogP contribution in [0.2, 0.25) is 0 Å². The molecule has 2 aromatic rings. The molecule has 2 N–H and O–H groups in total. The standard InChI is InChI=1S/C21H23N3O2S/c1-3-12(2)27-21-23-19-18(20(26)24-21)16(13-8-5-4-6-9-13)17-14(22-19)10-7-11-15(17)25/h4-6,8-9,12,16H,3,7,10-11H2,1-2H3,(H2,22,23,24,26)/t12-,16+/m0/s1. The Balaban J connectivity index is 1.88. The minimum absolute atomic E-state index is 0.126. The molecule has 140 valence electrons. The molecule has 1 aromatic carbocycles. The van der Waals surface area contributed by atoms with Crippen LogP contribution >= 0.6 is 11.8 Å². The van der Waals surface area contributed by atoms with Crippen LogP contribution in [0.4, 0.5) is 5.82 Å². The summed E-state index contributed by atoms with van der Waals surface area (Å²) in [6, 6.07) is 9.79. The Morgan fingerprint density at radius 3 is 2.74 bits per heavy atom. The lowest BCUT2D eigenvalue weighted by Gasteiger charge is -2.32. The van der Waals surface area contributed by atoms with Gasteiger partial charge in [-0.05, 0) is 24.8 Å². The molecule has 6 heteroatoms. The number of H-pyrrole nitrogens is 1. The number of hydrogen-bond donors (Lipinski definition) is 2. The van der Waals surface area contributed by atoms with Crippen molar-refractivity contribution >= 4 is 23.4 Å². The van der Waals surface area contributed by atoms with Crippen LogP contribution in [-0.4, -0.2) is 21.0 Å². The first-order valence-corrected chi connectivity index (χ1v) is 10.4. The smallest absolute Gasteiger partial charge is 0.257 e. The maximum absolute atomic E-state index is 13.0. The van der Waals surface area contributed by atoms with Crippen molar-refractivity contribution in [1.82, 2.24) is 9.97 Å². The van der Waals surface area contributed by atoms with E-state index in [1.165, 1.54) is 0 Å². The summed E-state index contributed by atoms with van der Waals surface area (Å²) in [5.74, 6) is 0.358. The molecule has 0 amide bonds. The Morgan fingerprint density at radius 1 is 1.22 bits per heavy atom. The Bertz CT molecular complexity index is 965. The summed E-state index contributed by atoms with van der Waals surface area (Å²) in [6.45, 7) is 4.23. The zero-order valence-corrected chi connectivity index (χ0v) is 16.4. The van der Waals surface area contributed by atoms with Gasteiger partial charge in [-0.25, -0.2) is 4.98 Å². The Kier molecular flexibility index (Phi) is 4.91. The molecule has 0 spiro atoms. The van der Waals surface area contributed by atoms with Crippen molar-refractivity contribution in [1.29, 1.82) is 0 Å². The van der Waals surface area contributed by atoms with E-state index in [1.54, 1.807) is 11.8 Å². The van der Waals surface area contributed by atoms with Crippen molar-refractivity contribution in [2.75, 3.05) is 5.32 Å². The fourth-order valence-corrected chi connectivity index (χ4v) is 4.59. The minimum Gasteiger partial charge on any atom is -0.343 e. The van der Waals surface area contributed by atoms with E-state index in [-0.39, 0.29) is 17.3 Å². The van der Waals surface area contributed by atoms with Gasteiger partial charge < -0.3 is 10.3 Å². The molecule has 2 atom stereocenters. The maximum Gasteiger partial charge on any atom is 0.257 e. The number of aromatic amines is 1. The molecule has 1 aliphatic carbocycles. The lowest BCUT2D eigenvalue weighted by molar-refractivity contribution is -0.116. The number of allylic oxidation sites excluding steroid dienone is 2. The lowest BCUT2D eigenvalue weighted by Crippen LogP contribution is -2.32. The number of nitrogens with zero attached hydrogens (tertiary/aromatic N) is 1. The molecule has 0 fully saturated rings. The quantitative estimate of drug-likeness (QED) is 0.612. The fourth-order valence-electron chi connectivity index (χ4n) is 3.75. The molecule has 27 heavy (non-hydrogen) atoms. The largest absolute Gasteiger partial charge is 0.343 e. The third-order valence-corrected chi connectivity index (χ3v) is 6.41. The molecule has 2 aliphatic rings. The number of hydrogen-bond acceptors (Lipinski definition) is 5. The number of rotatable bonds is 4. The molecular weight excluding hydrogens is 358 g/mol. The van der Waals surface area contributed by atoms with Gasteiger partial charge in [0.1, 0.15) is 5.82 Å². The van der Waals surface area contributed by atoms with E-state index in [0.29, 0.717) is 28.2 Å². The van der Waals surface area contributed by atoms with E-state index in [0.717, 1.165) is 36.1 Å². The first kappa shape index (κ1) is 18.0. The molecule has 4 rings (SSSR count). The summed E-state index contributed by atoms with van der Waals surface area (Å²) in [4.78, 5) is 33.4. The van der Waals surface area contributed by atoms with Crippen LogP contribution < -0.4 is 10.9 Å². The van der Waals surface area contributed by atoms with Crippen molar-refractivity contribution < 1.29 is 4.79 Å². The van der Waals surface area contributed by atoms with Gasteiger partial charge in [-0.1, -0.05) is 55.9 Å². The number of anilines is 1. The number of carbonyl (C=O) groups is 1. The second-order valence-electron chi connectivity index (χ2n) is 7.11. The average molecular weight is 382 g/mol. The highest BCUT2D eigenvalue weighted by Crippen LogP contribution is 2.43. The molecule has 0 radical (unpaired) electrons. The highest BCUT2D eigenvalue weighted by molar-refractivity contribution is 7.99. The molecule has 1 aliphatic heterocycles. The zero-order chi connectivity index (χ0) is 19.0. The normalized spacial score (nSPS) is 19.9. The second-order valence-corrected chi connectivity index (χ2v) is 8.53. The number of nitrogens with one attached hydrogen (secondary N) is 2. The summed E-state index contributed by atoms with van der Waals surface area (Å²) >= 11 is 1.57. The van der Waals surface area contributed by atoms with E-state index in [1.807, 2.05) is 30.3 Å². The van der Waals surface area contributed by atoms with Gasteiger partial charge in [-0.15, -0.1) is 0 Å². The van der Waals surface area contributed by atoms with Gasteiger partial charge in [0, 0.05) is 28.9 Å². The minimum atomic E-state index is -0.357. The first-order chi connectivity index (χ1) is 13.1. The fraction of sp³-hybridized carbons (Fsp3) is 0.381. The molecule has 0 saturated heterocycles. The highest BCUT2D eigenvalue weighted by Gasteiger charge is 2.37. The molecule has 1 aromatic heterocycles. The van der Waals surface area contributed by atoms with Crippen LogP contribution in [0.15, 0.2) is 51.6 Å². The van der Waals surface area contributed by atoms with Crippen molar-refractivity contribution in [3.63, 3.8) is 0 Å². The Hall–Kier alpha value is -2.34. The third kappa shape index (κ3) is 3.34. The molecule has 5 nitrogen and oxygen atoms in total. The summed E-state index contributed by atoms with van der Waals surface area (Å²) in [6.07, 6.45) is 3.17. The first-order valence-electron chi connectivity index (χ1n) is 9.47. The van der Waals surface area contributed by atoms with Crippen LogP contribution in [0.5, 0.6) is 0 Å². The third-order valence-electron chi connectivity index (χ3n) is 5.26. The van der Waals surface area contributed by atoms with E-state index < -0.39 is 0 Å². The van der Waals surface area contributed by atoms with Crippen LogP contribution in [0, 0.1) is 0 Å². The van der Waals surface area contributed by atoms with Crippen LogP contribution in [-0.2, 0) is 4.79 Å². The van der Waals surface area contributed by atoms with E-state index in [4.69, 9.17) is 4.98 Å².